The zero-order chi connectivity index (χ0) is 20.1. The molecule has 29 heavy (non-hydrogen) atoms. The van der Waals surface area contributed by atoms with Gasteiger partial charge in [0.05, 0.1) is 0 Å². The van der Waals surface area contributed by atoms with E-state index >= 15 is 0 Å². The van der Waals surface area contributed by atoms with Crippen LogP contribution in [-0.4, -0.2) is 63.8 Å². The van der Waals surface area contributed by atoms with Crippen LogP contribution < -0.4 is 0 Å². The minimum Gasteiger partial charge on any atom is -0.494 e. The molecule has 154 valence electrons. The Kier molecular flexibility index (Phi) is 6.37. The fourth-order valence-corrected chi connectivity index (χ4v) is 4.29. The summed E-state index contributed by atoms with van der Waals surface area (Å²) in [7, 11) is 0. The summed E-state index contributed by atoms with van der Waals surface area (Å²) >= 11 is 0. The number of hydrogen-bond acceptors (Lipinski definition) is 4. The molecular formula is C24H31N3O2. The molecule has 0 atom stereocenters. The van der Waals surface area contributed by atoms with Gasteiger partial charge in [0, 0.05) is 50.4 Å². The van der Waals surface area contributed by atoms with E-state index in [9.17, 15) is 10.2 Å². The summed E-state index contributed by atoms with van der Waals surface area (Å²) in [4.78, 5) is 4.97. The molecule has 0 amide bonds. The van der Waals surface area contributed by atoms with Crippen LogP contribution in [0.5, 0.6) is 11.8 Å². The summed E-state index contributed by atoms with van der Waals surface area (Å²) in [6.45, 7) is 6.95. The highest BCUT2D eigenvalue weighted by molar-refractivity contribution is 5.49. The van der Waals surface area contributed by atoms with Gasteiger partial charge in [-0.25, -0.2) is 0 Å². The lowest BCUT2D eigenvalue weighted by Gasteiger charge is -2.34. The number of hydrogen-bond donors (Lipinski definition) is 2. The first kappa shape index (κ1) is 19.8. The van der Waals surface area contributed by atoms with E-state index in [0.717, 1.165) is 56.8 Å². The van der Waals surface area contributed by atoms with E-state index in [1.165, 1.54) is 5.56 Å². The number of piperazine rings is 1. The summed E-state index contributed by atoms with van der Waals surface area (Å²) < 4.78 is 1.68. The summed E-state index contributed by atoms with van der Waals surface area (Å²) in [5, 5.41) is 20.9. The second kappa shape index (κ2) is 9.33. The molecule has 2 N–H and O–H groups in total. The molecule has 1 aliphatic carbocycles. The number of benzene rings is 1. The summed E-state index contributed by atoms with van der Waals surface area (Å²) in [6, 6.07) is 10.4. The van der Waals surface area contributed by atoms with Crippen molar-refractivity contribution in [3.05, 3.63) is 65.3 Å². The first-order valence-electron chi connectivity index (χ1n) is 10.7. The van der Waals surface area contributed by atoms with E-state index in [1.807, 2.05) is 6.07 Å². The van der Waals surface area contributed by atoms with Gasteiger partial charge in [-0.1, -0.05) is 54.6 Å². The molecule has 1 aromatic heterocycles. The number of aromatic hydroxyl groups is 2. The van der Waals surface area contributed by atoms with Crippen LogP contribution in [0.3, 0.4) is 0 Å². The highest BCUT2D eigenvalue weighted by Gasteiger charge is 2.22. The zero-order valence-electron chi connectivity index (χ0n) is 17.0. The minimum atomic E-state index is 0.247. The standard InChI is InChI=1S/C24H31N3O2/c28-23-21-11-4-5-12-22(21)24(29)27(23)15-7-14-26-18-16-25(17-19-26)13-6-10-20-8-2-1-3-9-20/h1-6,8-10,28-29H,7,11-19H2. The first-order chi connectivity index (χ1) is 14.2. The molecule has 2 aromatic rings. The molecule has 5 nitrogen and oxygen atoms in total. The molecular weight excluding hydrogens is 362 g/mol. The largest absolute Gasteiger partial charge is 0.494 e. The quantitative estimate of drug-likeness (QED) is 0.709. The summed E-state index contributed by atoms with van der Waals surface area (Å²) in [6.07, 6.45) is 10.9. The Bertz CT molecular complexity index is 830. The summed E-state index contributed by atoms with van der Waals surface area (Å²) in [5.41, 5.74) is 3.03. The van der Waals surface area contributed by atoms with Crippen molar-refractivity contribution in [2.45, 2.75) is 25.8 Å². The normalized spacial score (nSPS) is 17.8. The number of nitrogens with zero attached hydrogens (tertiary/aromatic N) is 3. The summed E-state index contributed by atoms with van der Waals surface area (Å²) in [5.74, 6) is 0.494. The number of aromatic nitrogens is 1. The maximum absolute atomic E-state index is 10.4. The van der Waals surface area contributed by atoms with Gasteiger partial charge in [0.2, 0.25) is 0 Å². The van der Waals surface area contributed by atoms with E-state index in [2.05, 4.69) is 58.4 Å². The molecule has 2 heterocycles. The molecule has 0 spiro atoms. The lowest BCUT2D eigenvalue weighted by atomic mass is 10.0. The Labute approximate surface area is 173 Å². The third-order valence-corrected chi connectivity index (χ3v) is 6.02. The van der Waals surface area contributed by atoms with Gasteiger partial charge in [-0.15, -0.1) is 0 Å². The molecule has 0 bridgehead atoms. The Morgan fingerprint density at radius 2 is 1.41 bits per heavy atom. The van der Waals surface area contributed by atoms with Gasteiger partial charge in [-0.05, 0) is 31.4 Å². The second-order valence-electron chi connectivity index (χ2n) is 7.94. The lowest BCUT2D eigenvalue weighted by molar-refractivity contribution is 0.139. The van der Waals surface area contributed by atoms with Gasteiger partial charge in [0.25, 0.3) is 0 Å². The van der Waals surface area contributed by atoms with Crippen LogP contribution in [0.2, 0.25) is 0 Å². The molecule has 1 aromatic carbocycles. The zero-order valence-corrected chi connectivity index (χ0v) is 17.0. The average molecular weight is 394 g/mol. The van der Waals surface area contributed by atoms with Gasteiger partial charge in [0.15, 0.2) is 11.8 Å². The highest BCUT2D eigenvalue weighted by atomic mass is 16.3. The number of allylic oxidation sites excluding steroid dienone is 2. The average Bonchev–Trinajstić information content (AvgIpc) is 3.01. The Morgan fingerprint density at radius 1 is 0.793 bits per heavy atom. The lowest BCUT2D eigenvalue weighted by Crippen LogP contribution is -2.46. The Hall–Kier alpha value is -2.50. The van der Waals surface area contributed by atoms with E-state index in [1.54, 1.807) is 4.57 Å². The molecule has 0 saturated carbocycles. The topological polar surface area (TPSA) is 51.9 Å². The SMILES string of the molecule is Oc1c2c(c(O)n1CCCN1CCN(CC=Cc3ccccc3)CC1)CC=CC2. The van der Waals surface area contributed by atoms with Crippen molar-refractivity contribution in [2.24, 2.45) is 0 Å². The van der Waals surface area contributed by atoms with E-state index < -0.39 is 0 Å². The van der Waals surface area contributed by atoms with Crippen molar-refractivity contribution in [3.63, 3.8) is 0 Å². The minimum absolute atomic E-state index is 0.247. The van der Waals surface area contributed by atoms with Crippen molar-refractivity contribution in [1.29, 1.82) is 0 Å². The smallest absolute Gasteiger partial charge is 0.197 e. The fourth-order valence-electron chi connectivity index (χ4n) is 4.29. The van der Waals surface area contributed by atoms with Crippen molar-refractivity contribution >= 4 is 6.08 Å². The van der Waals surface area contributed by atoms with Crippen LogP contribution in [0.1, 0.15) is 23.1 Å². The van der Waals surface area contributed by atoms with Crippen LogP contribution >= 0.6 is 0 Å². The van der Waals surface area contributed by atoms with Crippen LogP contribution in [-0.2, 0) is 19.4 Å². The maximum atomic E-state index is 10.4. The molecule has 5 heteroatoms. The van der Waals surface area contributed by atoms with Crippen molar-refractivity contribution in [1.82, 2.24) is 14.4 Å². The molecule has 0 radical (unpaired) electrons. The monoisotopic (exact) mass is 393 g/mol. The van der Waals surface area contributed by atoms with Crippen LogP contribution in [0.4, 0.5) is 0 Å². The van der Waals surface area contributed by atoms with Crippen LogP contribution in [0.25, 0.3) is 6.08 Å². The highest BCUT2D eigenvalue weighted by Crippen LogP contribution is 2.36. The van der Waals surface area contributed by atoms with Crippen LogP contribution in [0, 0.1) is 0 Å². The molecule has 1 aliphatic heterocycles. The van der Waals surface area contributed by atoms with Crippen molar-refractivity contribution in [2.75, 3.05) is 39.3 Å². The van der Waals surface area contributed by atoms with Gasteiger partial charge in [-0.3, -0.25) is 9.47 Å². The number of rotatable bonds is 7. The Balaban J connectivity index is 1.19. The van der Waals surface area contributed by atoms with E-state index in [-0.39, 0.29) is 11.8 Å². The second-order valence-corrected chi connectivity index (χ2v) is 7.94. The van der Waals surface area contributed by atoms with Gasteiger partial charge < -0.3 is 15.1 Å². The van der Waals surface area contributed by atoms with E-state index in [4.69, 9.17) is 0 Å². The predicted octanol–water partition coefficient (Wildman–Crippen LogP) is 3.28. The Morgan fingerprint density at radius 3 is 2.07 bits per heavy atom. The van der Waals surface area contributed by atoms with Crippen molar-refractivity contribution < 1.29 is 10.2 Å². The third-order valence-electron chi connectivity index (χ3n) is 6.02. The number of fused-ring (bicyclic) bond motifs is 1. The molecule has 1 fully saturated rings. The third kappa shape index (κ3) is 4.74. The van der Waals surface area contributed by atoms with Gasteiger partial charge in [-0.2, -0.15) is 0 Å². The molecule has 4 rings (SSSR count). The van der Waals surface area contributed by atoms with E-state index in [0.29, 0.717) is 19.4 Å². The molecule has 2 aliphatic rings. The van der Waals surface area contributed by atoms with Gasteiger partial charge in [0.1, 0.15) is 0 Å². The maximum Gasteiger partial charge on any atom is 0.197 e. The fraction of sp³-hybridized carbons (Fsp3) is 0.417. The molecule has 0 unspecified atom stereocenters. The van der Waals surface area contributed by atoms with Gasteiger partial charge >= 0.3 is 0 Å². The van der Waals surface area contributed by atoms with Crippen molar-refractivity contribution in [3.8, 4) is 11.8 Å². The first-order valence-corrected chi connectivity index (χ1v) is 10.7. The molecule has 1 saturated heterocycles. The predicted molar refractivity (Wildman–Crippen MR) is 117 cm³/mol. The van der Waals surface area contributed by atoms with Crippen LogP contribution in [0.15, 0.2) is 48.6 Å².